The Morgan fingerprint density at radius 2 is 1.64 bits per heavy atom. The summed E-state index contributed by atoms with van der Waals surface area (Å²) in [4.78, 5) is 26.3. The smallest absolute Gasteiger partial charge is 0.410 e. The molecule has 0 saturated carbocycles. The van der Waals surface area contributed by atoms with Gasteiger partial charge in [-0.05, 0) is 96.1 Å². The van der Waals surface area contributed by atoms with Crippen molar-refractivity contribution in [2.45, 2.75) is 66.5 Å². The van der Waals surface area contributed by atoms with E-state index in [4.69, 9.17) is 16.2 Å². The van der Waals surface area contributed by atoms with Crippen molar-refractivity contribution in [2.75, 3.05) is 58.9 Å². The molecule has 3 unspecified atom stereocenters. The fourth-order valence-corrected chi connectivity index (χ4v) is 4.78. The van der Waals surface area contributed by atoms with Gasteiger partial charge in [0, 0.05) is 39.6 Å². The Morgan fingerprint density at radius 3 is 2.15 bits per heavy atom. The summed E-state index contributed by atoms with van der Waals surface area (Å²) in [6, 6.07) is 10.7. The lowest BCUT2D eigenvalue weighted by molar-refractivity contribution is -0.119. The molecule has 4 rings (SSSR count). The van der Waals surface area contributed by atoms with Gasteiger partial charge in [-0.2, -0.15) is 0 Å². The van der Waals surface area contributed by atoms with Gasteiger partial charge >= 0.3 is 6.09 Å². The van der Waals surface area contributed by atoms with Crippen LogP contribution in [0.4, 0.5) is 4.79 Å². The third-order valence-electron chi connectivity index (χ3n) is 7.03. The van der Waals surface area contributed by atoms with Gasteiger partial charge in [-0.1, -0.05) is 37.8 Å². The van der Waals surface area contributed by atoms with Crippen LogP contribution in [-0.4, -0.2) is 86.3 Å². The molecule has 0 aliphatic carbocycles. The molecule has 2 amide bonds. The van der Waals surface area contributed by atoms with Crippen LogP contribution in [0, 0.1) is 17.8 Å². The molecule has 0 bridgehead atoms. The van der Waals surface area contributed by atoms with Crippen molar-refractivity contribution in [3.05, 3.63) is 35.9 Å². The van der Waals surface area contributed by atoms with Crippen LogP contribution in [-0.2, 0) is 16.1 Å². The maximum Gasteiger partial charge on any atom is 0.410 e. The molecule has 0 spiro atoms. The molecule has 9 heteroatoms. The number of benzene rings is 1. The second-order valence-corrected chi connectivity index (χ2v) is 11.7. The first kappa shape index (κ1) is 34.8. The SMILES string of the molecule is C.CC(=O)NCC1CCNC1.CC(C)(C)OC(=O)N1CCC(CN)C1.NCC1CCN(Cc2ccccc2)C1. The van der Waals surface area contributed by atoms with Gasteiger partial charge in [-0.15, -0.1) is 0 Å². The molecular weight excluding hydrogens is 492 g/mol. The zero-order chi connectivity index (χ0) is 28.0. The van der Waals surface area contributed by atoms with E-state index < -0.39 is 5.60 Å². The predicted octanol–water partition coefficient (Wildman–Crippen LogP) is 3.04. The standard InChI is InChI=1S/C12H18N2.C10H20N2O2.C7H14N2O.CH4/c13-8-12-6-7-14(10-12)9-11-4-2-1-3-5-11;1-10(2,3)14-9(13)12-5-4-8(6-11)7-12;1-6(10)9-5-7-2-3-8-4-7;/h1-5,12H,6-10,13H2;8H,4-7,11H2,1-3H3;7-8H,2-5H2,1H3,(H,9,10);1H4. The van der Waals surface area contributed by atoms with Gasteiger partial charge in [-0.25, -0.2) is 4.79 Å². The molecule has 1 aromatic carbocycles. The molecule has 3 saturated heterocycles. The average Bonchev–Trinajstić information content (AvgIpc) is 3.65. The fourth-order valence-electron chi connectivity index (χ4n) is 4.78. The van der Waals surface area contributed by atoms with Gasteiger partial charge in [-0.3, -0.25) is 9.69 Å². The molecule has 39 heavy (non-hydrogen) atoms. The third kappa shape index (κ3) is 14.7. The highest BCUT2D eigenvalue weighted by Crippen LogP contribution is 2.19. The fraction of sp³-hybridized carbons (Fsp3) is 0.733. The van der Waals surface area contributed by atoms with Crippen LogP contribution in [0.25, 0.3) is 0 Å². The van der Waals surface area contributed by atoms with E-state index >= 15 is 0 Å². The summed E-state index contributed by atoms with van der Waals surface area (Å²) in [5, 5.41) is 6.05. The largest absolute Gasteiger partial charge is 0.444 e. The minimum atomic E-state index is -0.405. The Morgan fingerprint density at radius 1 is 1.00 bits per heavy atom. The molecule has 3 aliphatic rings. The predicted molar refractivity (Wildman–Crippen MR) is 160 cm³/mol. The first-order valence-corrected chi connectivity index (χ1v) is 14.2. The molecular formula is C30H56N6O3. The molecule has 3 heterocycles. The highest BCUT2D eigenvalue weighted by atomic mass is 16.6. The second-order valence-electron chi connectivity index (χ2n) is 11.7. The number of hydrogen-bond donors (Lipinski definition) is 4. The molecule has 3 atom stereocenters. The maximum absolute atomic E-state index is 11.6. The Balaban J connectivity index is 0.000000293. The Hall–Kier alpha value is -2.20. The first-order valence-electron chi connectivity index (χ1n) is 14.2. The molecule has 1 aromatic rings. The molecule has 0 radical (unpaired) electrons. The number of nitrogens with zero attached hydrogens (tertiary/aromatic N) is 2. The first-order chi connectivity index (χ1) is 18.1. The van der Waals surface area contributed by atoms with Gasteiger partial charge in [0.1, 0.15) is 5.60 Å². The van der Waals surface area contributed by atoms with Crippen LogP contribution in [0.3, 0.4) is 0 Å². The third-order valence-corrected chi connectivity index (χ3v) is 7.03. The van der Waals surface area contributed by atoms with Crippen LogP contribution in [0.2, 0.25) is 0 Å². The summed E-state index contributed by atoms with van der Waals surface area (Å²) in [5.74, 6) is 1.90. The molecule has 3 aliphatic heterocycles. The van der Waals surface area contributed by atoms with E-state index in [0.717, 1.165) is 58.2 Å². The van der Waals surface area contributed by atoms with Crippen molar-refractivity contribution >= 4 is 12.0 Å². The van der Waals surface area contributed by atoms with Gasteiger partial charge in [0.05, 0.1) is 0 Å². The van der Waals surface area contributed by atoms with E-state index in [2.05, 4.69) is 45.9 Å². The summed E-state index contributed by atoms with van der Waals surface area (Å²) in [5.41, 5.74) is 12.2. The van der Waals surface area contributed by atoms with Crippen LogP contribution in [0.5, 0.6) is 0 Å². The van der Waals surface area contributed by atoms with Crippen molar-refractivity contribution in [1.82, 2.24) is 20.4 Å². The van der Waals surface area contributed by atoms with E-state index in [9.17, 15) is 9.59 Å². The van der Waals surface area contributed by atoms with Gasteiger partial charge in [0.15, 0.2) is 0 Å². The topological polar surface area (TPSA) is 126 Å². The molecule has 0 aromatic heterocycles. The Labute approximate surface area is 237 Å². The minimum Gasteiger partial charge on any atom is -0.444 e. The Bertz CT molecular complexity index is 811. The number of nitrogens with two attached hydrogens (primary N) is 2. The lowest BCUT2D eigenvalue weighted by atomic mass is 10.1. The van der Waals surface area contributed by atoms with E-state index in [0.29, 0.717) is 18.4 Å². The molecule has 6 N–H and O–H groups in total. The van der Waals surface area contributed by atoms with Crippen molar-refractivity contribution in [3.8, 4) is 0 Å². The monoisotopic (exact) mass is 548 g/mol. The van der Waals surface area contributed by atoms with Crippen LogP contribution in [0.1, 0.15) is 59.9 Å². The summed E-state index contributed by atoms with van der Waals surface area (Å²) in [6.45, 7) is 16.6. The highest BCUT2D eigenvalue weighted by molar-refractivity contribution is 5.72. The van der Waals surface area contributed by atoms with Crippen molar-refractivity contribution < 1.29 is 14.3 Å². The molecule has 224 valence electrons. The van der Waals surface area contributed by atoms with E-state index in [1.165, 1.54) is 31.5 Å². The minimum absolute atomic E-state index is 0. The number of nitrogens with one attached hydrogen (secondary N) is 2. The normalized spacial score (nSPS) is 22.6. The van der Waals surface area contributed by atoms with E-state index in [-0.39, 0.29) is 19.4 Å². The average molecular weight is 549 g/mol. The van der Waals surface area contributed by atoms with Crippen LogP contribution < -0.4 is 22.1 Å². The summed E-state index contributed by atoms with van der Waals surface area (Å²) < 4.78 is 5.26. The number of ether oxygens (including phenoxy) is 1. The number of likely N-dealkylation sites (tertiary alicyclic amines) is 2. The lowest BCUT2D eigenvalue weighted by Gasteiger charge is -2.24. The number of hydrogen-bond acceptors (Lipinski definition) is 7. The van der Waals surface area contributed by atoms with Crippen molar-refractivity contribution in [1.29, 1.82) is 0 Å². The summed E-state index contributed by atoms with van der Waals surface area (Å²) in [6.07, 6.45) is 3.24. The zero-order valence-electron chi connectivity index (χ0n) is 24.1. The van der Waals surface area contributed by atoms with E-state index in [1.54, 1.807) is 11.8 Å². The quantitative estimate of drug-likeness (QED) is 0.430. The highest BCUT2D eigenvalue weighted by Gasteiger charge is 2.28. The number of carbonyl (C=O) groups excluding carboxylic acids is 2. The Kier molecular flexibility index (Phi) is 16.3. The van der Waals surface area contributed by atoms with E-state index in [1.807, 2.05) is 20.8 Å². The van der Waals surface area contributed by atoms with Crippen molar-refractivity contribution in [2.24, 2.45) is 29.2 Å². The van der Waals surface area contributed by atoms with Crippen LogP contribution >= 0.6 is 0 Å². The van der Waals surface area contributed by atoms with Gasteiger partial charge < -0.3 is 31.7 Å². The molecule has 3 fully saturated rings. The van der Waals surface area contributed by atoms with Crippen molar-refractivity contribution in [3.63, 3.8) is 0 Å². The zero-order valence-corrected chi connectivity index (χ0v) is 24.1. The maximum atomic E-state index is 11.6. The number of amides is 2. The van der Waals surface area contributed by atoms with Crippen LogP contribution in [0.15, 0.2) is 30.3 Å². The second kappa shape index (κ2) is 18.2. The van der Waals surface area contributed by atoms with Gasteiger partial charge in [0.25, 0.3) is 0 Å². The number of rotatable bonds is 6. The summed E-state index contributed by atoms with van der Waals surface area (Å²) >= 11 is 0. The van der Waals surface area contributed by atoms with Gasteiger partial charge in [0.2, 0.25) is 5.91 Å². The molecule has 9 nitrogen and oxygen atoms in total. The number of carbonyl (C=O) groups is 2. The summed E-state index contributed by atoms with van der Waals surface area (Å²) in [7, 11) is 0. The lowest BCUT2D eigenvalue weighted by Crippen LogP contribution is -2.35.